The van der Waals surface area contributed by atoms with Crippen molar-refractivity contribution in [2.75, 3.05) is 11.9 Å². The Bertz CT molecular complexity index is 770. The van der Waals surface area contributed by atoms with Gasteiger partial charge < -0.3 is 15.4 Å². The molecule has 2 aromatic rings. The van der Waals surface area contributed by atoms with Gasteiger partial charge in [0.25, 0.3) is 5.91 Å². The molecule has 2 aromatic carbocycles. The fourth-order valence-electron chi connectivity index (χ4n) is 2.40. The van der Waals surface area contributed by atoms with Crippen molar-refractivity contribution in [2.45, 2.75) is 12.5 Å². The van der Waals surface area contributed by atoms with Crippen molar-refractivity contribution in [3.63, 3.8) is 0 Å². The summed E-state index contributed by atoms with van der Waals surface area (Å²) < 4.78 is 5.57. The van der Waals surface area contributed by atoms with Crippen LogP contribution in [0.2, 0.25) is 10.0 Å². The number of fused-ring (bicyclic) bond motifs is 1. The first-order chi connectivity index (χ1) is 11.5. The monoisotopic (exact) mass is 364 g/mol. The van der Waals surface area contributed by atoms with Crippen molar-refractivity contribution in [3.8, 4) is 5.75 Å². The Morgan fingerprint density at radius 1 is 1.17 bits per heavy atom. The Labute approximate surface area is 148 Å². The van der Waals surface area contributed by atoms with E-state index in [0.29, 0.717) is 27.9 Å². The zero-order valence-corrected chi connectivity index (χ0v) is 14.0. The summed E-state index contributed by atoms with van der Waals surface area (Å²) in [4.78, 5) is 24.1. The van der Waals surface area contributed by atoms with E-state index in [-0.39, 0.29) is 12.5 Å². The van der Waals surface area contributed by atoms with Crippen LogP contribution in [0.25, 0.3) is 0 Å². The third kappa shape index (κ3) is 3.80. The average molecular weight is 365 g/mol. The summed E-state index contributed by atoms with van der Waals surface area (Å²) in [6, 6.07) is 12.2. The van der Waals surface area contributed by atoms with E-state index in [4.69, 9.17) is 27.9 Å². The molecule has 1 heterocycles. The first-order valence-corrected chi connectivity index (χ1v) is 8.05. The maximum atomic E-state index is 12.1. The summed E-state index contributed by atoms with van der Waals surface area (Å²) in [5.41, 5.74) is 1.38. The van der Waals surface area contributed by atoms with Crippen molar-refractivity contribution in [1.82, 2.24) is 5.32 Å². The van der Waals surface area contributed by atoms with E-state index in [9.17, 15) is 9.59 Å². The minimum absolute atomic E-state index is 0.183. The van der Waals surface area contributed by atoms with Crippen LogP contribution in [0, 0.1) is 0 Å². The molecular formula is C17H14Cl2N2O3. The molecule has 0 spiro atoms. The molecule has 0 aromatic heterocycles. The van der Waals surface area contributed by atoms with Crippen LogP contribution in [-0.2, 0) is 16.0 Å². The highest BCUT2D eigenvalue weighted by atomic mass is 35.5. The Hall–Kier alpha value is -2.24. The third-order valence-corrected chi connectivity index (χ3v) is 4.13. The summed E-state index contributed by atoms with van der Waals surface area (Å²) in [6.07, 6.45) is -0.131. The average Bonchev–Trinajstić information content (AvgIpc) is 3.00. The molecule has 24 heavy (non-hydrogen) atoms. The zero-order chi connectivity index (χ0) is 17.1. The van der Waals surface area contributed by atoms with Crippen molar-refractivity contribution in [3.05, 3.63) is 58.1 Å². The van der Waals surface area contributed by atoms with Crippen LogP contribution in [0.5, 0.6) is 5.75 Å². The van der Waals surface area contributed by atoms with E-state index in [2.05, 4.69) is 10.6 Å². The molecular weight excluding hydrogens is 351 g/mol. The van der Waals surface area contributed by atoms with Gasteiger partial charge in [0.05, 0.1) is 17.3 Å². The van der Waals surface area contributed by atoms with Crippen LogP contribution < -0.4 is 15.4 Å². The summed E-state index contributed by atoms with van der Waals surface area (Å²) in [5.74, 6) is -0.0330. The highest BCUT2D eigenvalue weighted by Gasteiger charge is 2.28. The lowest BCUT2D eigenvalue weighted by Gasteiger charge is -2.12. The molecule has 1 aliphatic rings. The number of hydrogen-bond donors (Lipinski definition) is 2. The summed E-state index contributed by atoms with van der Waals surface area (Å²) in [6.45, 7) is -0.183. The van der Waals surface area contributed by atoms with Crippen molar-refractivity contribution in [2.24, 2.45) is 0 Å². The van der Waals surface area contributed by atoms with E-state index in [0.717, 1.165) is 5.56 Å². The predicted molar refractivity (Wildman–Crippen MR) is 92.7 cm³/mol. The molecule has 124 valence electrons. The molecule has 0 fully saturated rings. The van der Waals surface area contributed by atoms with Gasteiger partial charge in [-0.3, -0.25) is 9.59 Å². The quantitative estimate of drug-likeness (QED) is 0.875. The molecule has 0 bridgehead atoms. The zero-order valence-electron chi connectivity index (χ0n) is 12.5. The van der Waals surface area contributed by atoms with E-state index >= 15 is 0 Å². The van der Waals surface area contributed by atoms with E-state index in [1.807, 2.05) is 24.3 Å². The lowest BCUT2D eigenvalue weighted by atomic mass is 10.1. The number of amides is 2. The predicted octanol–water partition coefficient (Wildman–Crippen LogP) is 3.05. The topological polar surface area (TPSA) is 67.4 Å². The van der Waals surface area contributed by atoms with Crippen molar-refractivity contribution < 1.29 is 14.3 Å². The number of hydrogen-bond acceptors (Lipinski definition) is 3. The summed E-state index contributed by atoms with van der Waals surface area (Å²) in [5, 5.41) is 5.99. The number of carbonyl (C=O) groups excluding carboxylic acids is 2. The largest absolute Gasteiger partial charge is 0.480 e. The fraction of sp³-hybridized carbons (Fsp3) is 0.176. The minimum atomic E-state index is -0.620. The maximum absolute atomic E-state index is 12.1. The lowest BCUT2D eigenvalue weighted by Crippen LogP contribution is -2.41. The van der Waals surface area contributed by atoms with Crippen LogP contribution in [0.4, 0.5) is 5.69 Å². The van der Waals surface area contributed by atoms with Gasteiger partial charge >= 0.3 is 0 Å². The maximum Gasteiger partial charge on any atom is 0.261 e. The van der Waals surface area contributed by atoms with Gasteiger partial charge in [-0.05, 0) is 29.8 Å². The number of halogens is 2. The minimum Gasteiger partial charge on any atom is -0.480 e. The number of benzene rings is 2. The molecule has 1 atom stereocenters. The molecule has 1 aliphatic heterocycles. The van der Waals surface area contributed by atoms with E-state index < -0.39 is 12.0 Å². The standard InChI is InChI=1S/C17H14Cl2N2O3/c18-11-5-6-12(19)13(8-11)21-16(22)9-20-17(23)15-7-10-3-1-2-4-14(10)24-15/h1-6,8,15H,7,9H2,(H,20,23)(H,21,22)/t15-/m0/s1. The van der Waals surface area contributed by atoms with Gasteiger partial charge in [0.1, 0.15) is 5.75 Å². The van der Waals surface area contributed by atoms with Crippen molar-refractivity contribution in [1.29, 1.82) is 0 Å². The van der Waals surface area contributed by atoms with Crippen LogP contribution >= 0.6 is 23.2 Å². The van der Waals surface area contributed by atoms with Gasteiger partial charge in [-0.1, -0.05) is 41.4 Å². The van der Waals surface area contributed by atoms with Gasteiger partial charge in [0.2, 0.25) is 5.91 Å². The molecule has 5 nitrogen and oxygen atoms in total. The van der Waals surface area contributed by atoms with Crippen LogP contribution in [-0.4, -0.2) is 24.5 Å². The second-order valence-electron chi connectivity index (χ2n) is 5.31. The highest BCUT2D eigenvalue weighted by Crippen LogP contribution is 2.28. The molecule has 0 saturated heterocycles. The Morgan fingerprint density at radius 2 is 1.96 bits per heavy atom. The number of rotatable bonds is 4. The first-order valence-electron chi connectivity index (χ1n) is 7.30. The second kappa shape index (κ2) is 7.11. The number of nitrogens with one attached hydrogen (secondary N) is 2. The van der Waals surface area contributed by atoms with Crippen LogP contribution in [0.15, 0.2) is 42.5 Å². The van der Waals surface area contributed by atoms with Crippen LogP contribution in [0.3, 0.4) is 0 Å². The first kappa shape index (κ1) is 16.6. The molecule has 0 saturated carbocycles. The smallest absolute Gasteiger partial charge is 0.261 e. The third-order valence-electron chi connectivity index (χ3n) is 3.57. The fourth-order valence-corrected chi connectivity index (χ4v) is 2.73. The number of para-hydroxylation sites is 1. The van der Waals surface area contributed by atoms with Crippen LogP contribution in [0.1, 0.15) is 5.56 Å². The summed E-state index contributed by atoms with van der Waals surface area (Å²) >= 11 is 11.8. The molecule has 3 rings (SSSR count). The molecule has 0 aliphatic carbocycles. The van der Waals surface area contributed by atoms with E-state index in [1.165, 1.54) is 0 Å². The Balaban J connectivity index is 1.52. The molecule has 0 unspecified atom stereocenters. The number of ether oxygens (including phenoxy) is 1. The van der Waals surface area contributed by atoms with Gasteiger partial charge in [-0.15, -0.1) is 0 Å². The summed E-state index contributed by atoms with van der Waals surface area (Å²) in [7, 11) is 0. The highest BCUT2D eigenvalue weighted by molar-refractivity contribution is 6.35. The molecule has 7 heteroatoms. The van der Waals surface area contributed by atoms with Gasteiger partial charge in [-0.25, -0.2) is 0 Å². The van der Waals surface area contributed by atoms with E-state index in [1.54, 1.807) is 18.2 Å². The number of carbonyl (C=O) groups is 2. The van der Waals surface area contributed by atoms with Crippen molar-refractivity contribution >= 4 is 40.7 Å². The molecule has 2 N–H and O–H groups in total. The molecule has 2 amide bonds. The van der Waals surface area contributed by atoms with Gasteiger partial charge in [-0.2, -0.15) is 0 Å². The normalized spacial score (nSPS) is 15.3. The van der Waals surface area contributed by atoms with Gasteiger partial charge in [0.15, 0.2) is 6.10 Å². The second-order valence-corrected chi connectivity index (χ2v) is 6.15. The lowest BCUT2D eigenvalue weighted by molar-refractivity contribution is -0.129. The Kier molecular flexibility index (Phi) is 4.92. The Morgan fingerprint density at radius 3 is 2.75 bits per heavy atom. The van der Waals surface area contributed by atoms with Gasteiger partial charge in [0, 0.05) is 11.4 Å². The molecule has 0 radical (unpaired) electrons. The SMILES string of the molecule is O=C(CNC(=O)[C@@H]1Cc2ccccc2O1)Nc1cc(Cl)ccc1Cl. The number of anilines is 1.